The molecule has 10 nitrogen and oxygen atoms in total. The van der Waals surface area contributed by atoms with Gasteiger partial charge in [-0.05, 0) is 6.16 Å². The molecule has 0 saturated carbocycles. The van der Waals surface area contributed by atoms with E-state index in [2.05, 4.69) is 0 Å². The zero-order chi connectivity index (χ0) is 11.7. The molecule has 0 aliphatic heterocycles. The van der Waals surface area contributed by atoms with Gasteiger partial charge < -0.3 is 15.0 Å². The van der Waals surface area contributed by atoms with E-state index in [0.29, 0.717) is 0 Å². The molecule has 0 aliphatic carbocycles. The van der Waals surface area contributed by atoms with Crippen molar-refractivity contribution < 1.29 is 45.8 Å². The number of rotatable bonds is 0. The van der Waals surface area contributed by atoms with E-state index in [1.165, 1.54) is 0 Å². The van der Waals surface area contributed by atoms with E-state index < -0.39 is 27.9 Å². The number of carboxylic acid groups (broad SMARTS) is 2. The Balaban J connectivity index is -0.0000000522. The van der Waals surface area contributed by atoms with Gasteiger partial charge in [-0.1, -0.05) is 0 Å². The molecule has 0 aromatic carbocycles. The fourth-order valence-electron chi connectivity index (χ4n) is 0. The van der Waals surface area contributed by atoms with Gasteiger partial charge in [0.05, 0.1) is 0 Å². The molecule has 0 radical (unpaired) electrons. The minimum absolute atomic E-state index is 0. The third-order valence-corrected chi connectivity index (χ3v) is 0. The Labute approximate surface area is 111 Å². The van der Waals surface area contributed by atoms with Gasteiger partial charge in [0.2, 0.25) is 0 Å². The van der Waals surface area contributed by atoms with Crippen molar-refractivity contribution in [1.82, 2.24) is 0 Å². The topological polar surface area (TPSA) is 195 Å². The average Bonchev–Trinajstić information content (AvgIpc) is 1.50. The van der Waals surface area contributed by atoms with E-state index in [4.69, 9.17) is 45.8 Å². The predicted molar refractivity (Wildman–Crippen MR) is 38.7 cm³/mol. The Morgan fingerprint density at radius 1 is 1.14 bits per heavy atom. The third-order valence-electron chi connectivity index (χ3n) is 0. The number of carbonyl (C=O) groups excluding carboxylic acids is 1. The van der Waals surface area contributed by atoms with Crippen LogP contribution in [0, 0.1) is 0 Å². The molecular formula is CH4CaO10S2. The van der Waals surface area contributed by atoms with Crippen LogP contribution in [0.5, 0.6) is 0 Å². The van der Waals surface area contributed by atoms with Crippen LogP contribution < -0.4 is 10.2 Å². The molecule has 0 bridgehead atoms. The van der Waals surface area contributed by atoms with Crippen LogP contribution in [-0.2, 0) is 21.8 Å². The first kappa shape index (κ1) is 24.0. The minimum Gasteiger partial charge on any atom is -0.652 e. The summed E-state index contributed by atoms with van der Waals surface area (Å²) in [6, 6.07) is 0. The summed E-state index contributed by atoms with van der Waals surface area (Å²) in [4.78, 5) is 8.33. The summed E-state index contributed by atoms with van der Waals surface area (Å²) in [6.07, 6.45) is -2.33. The van der Waals surface area contributed by atoms with E-state index in [1.54, 1.807) is 0 Å². The van der Waals surface area contributed by atoms with Crippen molar-refractivity contribution in [2.45, 2.75) is 0 Å². The first-order valence-electron chi connectivity index (χ1n) is 1.84. The molecule has 13 heteroatoms. The number of hydrogen-bond donors (Lipinski definition) is 4. The van der Waals surface area contributed by atoms with Crippen molar-refractivity contribution in [3.8, 4) is 0 Å². The van der Waals surface area contributed by atoms with E-state index in [-0.39, 0.29) is 37.7 Å². The fourth-order valence-corrected chi connectivity index (χ4v) is 0. The number of hydrogen-bond acceptors (Lipinski definition) is 6. The molecular weight excluding hydrogens is 276 g/mol. The third kappa shape index (κ3) is 7430. The molecule has 0 aromatic heterocycles. The van der Waals surface area contributed by atoms with Crippen LogP contribution in [-0.4, -0.2) is 74.7 Å². The van der Waals surface area contributed by atoms with E-state index >= 15 is 0 Å². The van der Waals surface area contributed by atoms with Crippen molar-refractivity contribution in [3.63, 3.8) is 0 Å². The van der Waals surface area contributed by atoms with Crippen molar-refractivity contribution in [2.24, 2.45) is 0 Å². The van der Waals surface area contributed by atoms with Crippen molar-refractivity contribution in [2.75, 3.05) is 0 Å². The number of carbonyl (C=O) groups is 1. The van der Waals surface area contributed by atoms with E-state index in [0.717, 1.165) is 0 Å². The molecule has 4 N–H and O–H groups in total. The molecule has 0 atom stereocenters. The summed E-state index contributed by atoms with van der Waals surface area (Å²) >= 11 is -2.61. The molecule has 0 aromatic rings. The molecule has 14 heavy (non-hydrogen) atoms. The Bertz CT molecular complexity index is 213. The van der Waals surface area contributed by atoms with Crippen LogP contribution in [0.25, 0.3) is 0 Å². The Morgan fingerprint density at radius 2 is 1.14 bits per heavy atom. The van der Waals surface area contributed by atoms with Crippen LogP contribution in [0.4, 0.5) is 4.79 Å². The molecule has 0 fully saturated rings. The summed E-state index contributed by atoms with van der Waals surface area (Å²) in [7, 11) is -4.67. The van der Waals surface area contributed by atoms with Gasteiger partial charge in [0.25, 0.3) is 11.4 Å². The Hall–Kier alpha value is 0.470. The maximum absolute atomic E-state index is 8.74. The average molecular weight is 280 g/mol. The molecule has 0 rings (SSSR count). The van der Waals surface area contributed by atoms with Crippen LogP contribution in [0.3, 0.4) is 0 Å². The Morgan fingerprint density at radius 3 is 1.14 bits per heavy atom. The van der Waals surface area contributed by atoms with Gasteiger partial charge in [-0.25, -0.2) is 0 Å². The van der Waals surface area contributed by atoms with Gasteiger partial charge in [0.15, 0.2) is 0 Å². The van der Waals surface area contributed by atoms with Crippen LogP contribution in [0.1, 0.15) is 0 Å². The zero-order valence-corrected chi connectivity index (χ0v) is 10.1. The summed E-state index contributed by atoms with van der Waals surface area (Å²) < 4.78 is 54.4. The normalized spacial score (nSPS) is 8.36. The quantitative estimate of drug-likeness (QED) is 0.194. The monoisotopic (exact) mass is 280 g/mol. The van der Waals surface area contributed by atoms with Crippen LogP contribution in [0.2, 0.25) is 0 Å². The summed E-state index contributed by atoms with van der Waals surface area (Å²) in [5.41, 5.74) is 0. The second kappa shape index (κ2) is 13.5. The maximum atomic E-state index is 8.74. The van der Waals surface area contributed by atoms with Crippen molar-refractivity contribution >= 4 is 65.7 Å². The maximum Gasteiger partial charge on any atom is 2.00 e. The van der Waals surface area contributed by atoms with E-state index in [9.17, 15) is 0 Å². The second-order valence-corrected chi connectivity index (χ2v) is 2.29. The van der Waals surface area contributed by atoms with Gasteiger partial charge in [-0.15, -0.1) is 0 Å². The molecule has 0 heterocycles. The Kier molecular flexibility index (Phi) is 23.0. The van der Waals surface area contributed by atoms with Gasteiger partial charge in [0.1, 0.15) is 0 Å². The molecule has 0 saturated heterocycles. The van der Waals surface area contributed by atoms with Crippen LogP contribution in [0.15, 0.2) is 0 Å². The van der Waals surface area contributed by atoms with Crippen molar-refractivity contribution in [1.29, 1.82) is 0 Å². The molecule has 0 spiro atoms. The van der Waals surface area contributed by atoms with Crippen molar-refractivity contribution in [3.05, 3.63) is 0 Å². The zero-order valence-electron chi connectivity index (χ0n) is 6.26. The predicted octanol–water partition coefficient (Wildman–Crippen LogP) is -3.80. The van der Waals surface area contributed by atoms with Gasteiger partial charge in [-0.2, -0.15) is 12.6 Å². The molecule has 0 aliphatic rings. The largest absolute Gasteiger partial charge is 2.00 e. The van der Waals surface area contributed by atoms with Gasteiger partial charge >= 0.3 is 48.1 Å². The minimum atomic E-state index is -4.67. The summed E-state index contributed by atoms with van der Waals surface area (Å²) in [6.45, 7) is 0. The molecule has 0 amide bonds. The first-order valence-corrected chi connectivity index (χ1v) is 4.30. The van der Waals surface area contributed by atoms with Gasteiger partial charge in [0, 0.05) is 0 Å². The van der Waals surface area contributed by atoms with E-state index in [1.807, 2.05) is 0 Å². The first-order chi connectivity index (χ1) is 5.46. The summed E-state index contributed by atoms with van der Waals surface area (Å²) in [5, 5.41) is 16.7. The second-order valence-electron chi connectivity index (χ2n) is 0.929. The SMILES string of the molecule is O=C([O-])[O-].O=S(=O)(O)O.O=S(O)O.[Ca+2]. The smallest absolute Gasteiger partial charge is 0.652 e. The standard InChI is InChI=1S/CH2O3.Ca.H2O4S.H2O3S/c2-1(3)4;;1-5(2,3)4;1-4(2)3/h(H2,2,3,4);;(H2,1,2,3,4);(H2,1,2,3)/q;+2;;/p-2. The molecule has 82 valence electrons. The van der Waals surface area contributed by atoms with Crippen LogP contribution >= 0.6 is 0 Å². The fraction of sp³-hybridized carbons (Fsp3) is 0. The summed E-state index contributed by atoms with van der Waals surface area (Å²) in [5.74, 6) is 0. The van der Waals surface area contributed by atoms with Gasteiger partial charge in [-0.3, -0.25) is 18.2 Å². The molecule has 0 unspecified atom stereocenters.